The van der Waals surface area contributed by atoms with Crippen molar-refractivity contribution in [3.8, 4) is 5.75 Å². The third kappa shape index (κ3) is 5.33. The largest absolute Gasteiger partial charge is 0.487 e. The van der Waals surface area contributed by atoms with Gasteiger partial charge >= 0.3 is 5.97 Å². The maximum Gasteiger partial charge on any atom is 0.311 e. The van der Waals surface area contributed by atoms with Crippen LogP contribution >= 0.6 is 11.8 Å². The molecule has 0 amide bonds. The van der Waals surface area contributed by atoms with Crippen molar-refractivity contribution in [3.63, 3.8) is 0 Å². The van der Waals surface area contributed by atoms with E-state index in [1.165, 1.54) is 0 Å². The highest BCUT2D eigenvalue weighted by Gasteiger charge is 2.23. The molecule has 0 bridgehead atoms. The van der Waals surface area contributed by atoms with Gasteiger partial charge in [-0.1, -0.05) is 20.8 Å². The van der Waals surface area contributed by atoms with Gasteiger partial charge in [-0.15, -0.1) is 11.8 Å². The fourth-order valence-electron chi connectivity index (χ4n) is 3.15. The van der Waals surface area contributed by atoms with E-state index in [2.05, 4.69) is 35.3 Å². The summed E-state index contributed by atoms with van der Waals surface area (Å²) in [6, 6.07) is 6.02. The molecule has 6 nitrogen and oxygen atoms in total. The van der Waals surface area contributed by atoms with E-state index in [1.54, 1.807) is 24.2 Å². The number of nitrogens with zero attached hydrogens (tertiary/aromatic N) is 3. The first-order valence-corrected chi connectivity index (χ1v) is 10.9. The van der Waals surface area contributed by atoms with Crippen molar-refractivity contribution in [2.45, 2.75) is 57.3 Å². The van der Waals surface area contributed by atoms with Crippen LogP contribution in [-0.2, 0) is 29.6 Å². The Morgan fingerprint density at radius 1 is 1.20 bits per heavy atom. The molecular formula is C23H29N3O3S. The predicted molar refractivity (Wildman–Crippen MR) is 120 cm³/mol. The molecule has 3 rings (SSSR count). The van der Waals surface area contributed by atoms with Crippen molar-refractivity contribution in [3.05, 3.63) is 47.7 Å². The standard InChI is InChI=1S/C23H29N3O3S/c1-7-28-21(27)11-20-22(30-23(3,4)5)18-10-17(8-9-19(18)26(20)6)29-14-16-13-24-15(2)12-25-16/h8-10,12-13H,7,11,14H2,1-6H3. The smallest absolute Gasteiger partial charge is 0.311 e. The lowest BCUT2D eigenvalue weighted by atomic mass is 10.2. The first-order chi connectivity index (χ1) is 14.2. The lowest BCUT2D eigenvalue weighted by Crippen LogP contribution is -2.13. The Balaban J connectivity index is 1.96. The van der Waals surface area contributed by atoms with Crippen LogP contribution in [0, 0.1) is 6.92 Å². The normalized spacial score (nSPS) is 11.7. The molecule has 1 aromatic carbocycles. The second-order valence-corrected chi connectivity index (χ2v) is 9.98. The van der Waals surface area contributed by atoms with Crippen LogP contribution in [0.2, 0.25) is 0 Å². The van der Waals surface area contributed by atoms with Gasteiger partial charge in [0.1, 0.15) is 12.4 Å². The Bertz CT molecular complexity index is 1040. The fraction of sp³-hybridized carbons (Fsp3) is 0.435. The number of aryl methyl sites for hydroxylation is 2. The summed E-state index contributed by atoms with van der Waals surface area (Å²) in [6.07, 6.45) is 3.71. The summed E-state index contributed by atoms with van der Waals surface area (Å²) < 4.78 is 13.3. The molecule has 160 valence electrons. The SMILES string of the molecule is CCOC(=O)Cc1c(SC(C)(C)C)c2cc(OCc3cnc(C)cn3)ccc2n1C. The van der Waals surface area contributed by atoms with Gasteiger partial charge in [0.2, 0.25) is 0 Å². The van der Waals surface area contributed by atoms with Crippen LogP contribution < -0.4 is 4.74 Å². The zero-order valence-electron chi connectivity index (χ0n) is 18.5. The molecule has 0 saturated carbocycles. The van der Waals surface area contributed by atoms with Gasteiger partial charge in [0.15, 0.2) is 0 Å². The van der Waals surface area contributed by atoms with Gasteiger partial charge in [0.05, 0.1) is 30.6 Å². The minimum atomic E-state index is -0.214. The molecule has 0 unspecified atom stereocenters. The van der Waals surface area contributed by atoms with Crippen molar-refractivity contribution < 1.29 is 14.3 Å². The average Bonchev–Trinajstić information content (AvgIpc) is 2.92. The zero-order chi connectivity index (χ0) is 21.9. The molecular weight excluding hydrogens is 398 g/mol. The van der Waals surface area contributed by atoms with E-state index < -0.39 is 0 Å². The molecule has 2 aromatic heterocycles. The van der Waals surface area contributed by atoms with Gasteiger partial charge in [0.25, 0.3) is 0 Å². The Morgan fingerprint density at radius 3 is 2.60 bits per heavy atom. The molecule has 0 aliphatic carbocycles. The summed E-state index contributed by atoms with van der Waals surface area (Å²) in [4.78, 5) is 21.9. The highest BCUT2D eigenvalue weighted by molar-refractivity contribution is 8.00. The maximum absolute atomic E-state index is 12.2. The summed E-state index contributed by atoms with van der Waals surface area (Å²) in [5, 5.41) is 1.07. The Hall–Kier alpha value is -2.54. The van der Waals surface area contributed by atoms with E-state index in [0.29, 0.717) is 13.2 Å². The minimum absolute atomic E-state index is 0.00789. The predicted octanol–water partition coefficient (Wildman–Crippen LogP) is 4.85. The summed E-state index contributed by atoms with van der Waals surface area (Å²) in [5.41, 5.74) is 3.68. The van der Waals surface area contributed by atoms with E-state index in [0.717, 1.165) is 38.6 Å². The number of aromatic nitrogens is 3. The number of fused-ring (bicyclic) bond motifs is 1. The molecule has 30 heavy (non-hydrogen) atoms. The number of carbonyl (C=O) groups excluding carboxylic acids is 1. The highest BCUT2D eigenvalue weighted by atomic mass is 32.2. The van der Waals surface area contributed by atoms with Gasteiger partial charge in [-0.3, -0.25) is 14.8 Å². The Labute approximate surface area is 182 Å². The van der Waals surface area contributed by atoms with Crippen LogP contribution in [0.4, 0.5) is 0 Å². The topological polar surface area (TPSA) is 66.2 Å². The number of benzene rings is 1. The van der Waals surface area contributed by atoms with Crippen molar-refractivity contribution in [1.82, 2.24) is 14.5 Å². The van der Waals surface area contributed by atoms with Crippen molar-refractivity contribution in [2.75, 3.05) is 6.61 Å². The quantitative estimate of drug-likeness (QED) is 0.397. The van der Waals surface area contributed by atoms with Gasteiger partial charge in [-0.2, -0.15) is 0 Å². The van der Waals surface area contributed by atoms with Crippen molar-refractivity contribution >= 4 is 28.6 Å². The molecule has 0 atom stereocenters. The average molecular weight is 428 g/mol. The van der Waals surface area contributed by atoms with Crippen LogP contribution in [0.25, 0.3) is 10.9 Å². The highest BCUT2D eigenvalue weighted by Crippen LogP contribution is 2.42. The van der Waals surface area contributed by atoms with E-state index in [4.69, 9.17) is 9.47 Å². The van der Waals surface area contributed by atoms with Crippen LogP contribution in [0.1, 0.15) is 44.8 Å². The zero-order valence-corrected chi connectivity index (χ0v) is 19.3. The lowest BCUT2D eigenvalue weighted by Gasteiger charge is -2.18. The number of thioether (sulfide) groups is 1. The third-order valence-electron chi connectivity index (χ3n) is 4.49. The number of esters is 1. The monoisotopic (exact) mass is 427 g/mol. The Morgan fingerprint density at radius 2 is 1.97 bits per heavy atom. The lowest BCUT2D eigenvalue weighted by molar-refractivity contribution is -0.142. The molecule has 0 N–H and O–H groups in total. The van der Waals surface area contributed by atoms with Crippen LogP contribution in [0.15, 0.2) is 35.5 Å². The third-order valence-corrected chi connectivity index (χ3v) is 5.76. The number of rotatable bonds is 7. The molecule has 2 heterocycles. The molecule has 0 saturated heterocycles. The summed E-state index contributed by atoms with van der Waals surface area (Å²) >= 11 is 1.76. The number of hydrogen-bond acceptors (Lipinski definition) is 6. The molecule has 0 fully saturated rings. The molecule has 0 radical (unpaired) electrons. The summed E-state index contributed by atoms with van der Waals surface area (Å²) in [5.74, 6) is 0.544. The van der Waals surface area contributed by atoms with E-state index in [1.807, 2.05) is 39.1 Å². The van der Waals surface area contributed by atoms with Gasteiger partial charge in [-0.05, 0) is 32.0 Å². The van der Waals surface area contributed by atoms with Crippen molar-refractivity contribution in [2.24, 2.45) is 7.05 Å². The number of ether oxygens (including phenoxy) is 2. The van der Waals surface area contributed by atoms with Crippen molar-refractivity contribution in [1.29, 1.82) is 0 Å². The second-order valence-electron chi connectivity index (χ2n) is 8.15. The number of carbonyl (C=O) groups is 1. The molecule has 0 aliphatic heterocycles. The van der Waals surface area contributed by atoms with E-state index in [9.17, 15) is 4.79 Å². The first-order valence-electron chi connectivity index (χ1n) is 10.0. The Kier molecular flexibility index (Phi) is 6.71. The van der Waals surface area contributed by atoms with E-state index >= 15 is 0 Å². The van der Waals surface area contributed by atoms with Gasteiger partial charge < -0.3 is 14.0 Å². The molecule has 0 aliphatic rings. The maximum atomic E-state index is 12.2. The van der Waals surface area contributed by atoms with E-state index in [-0.39, 0.29) is 17.1 Å². The number of hydrogen-bond donors (Lipinski definition) is 0. The van der Waals surface area contributed by atoms with Gasteiger partial charge in [0, 0.05) is 39.5 Å². The fourth-order valence-corrected chi connectivity index (χ4v) is 4.36. The summed E-state index contributed by atoms with van der Waals surface area (Å²) in [6.45, 7) is 11.0. The van der Waals surface area contributed by atoms with Crippen LogP contribution in [0.3, 0.4) is 0 Å². The van der Waals surface area contributed by atoms with Gasteiger partial charge in [-0.25, -0.2) is 0 Å². The second kappa shape index (κ2) is 9.08. The first kappa shape index (κ1) is 22.2. The van der Waals surface area contributed by atoms with Crippen LogP contribution in [0.5, 0.6) is 5.75 Å². The minimum Gasteiger partial charge on any atom is -0.487 e. The molecule has 3 aromatic rings. The molecule has 7 heteroatoms. The molecule has 0 spiro atoms. The summed E-state index contributed by atoms with van der Waals surface area (Å²) in [7, 11) is 1.99. The van der Waals surface area contributed by atoms with Crippen LogP contribution in [-0.4, -0.2) is 31.9 Å².